The lowest BCUT2D eigenvalue weighted by Gasteiger charge is -2.04. The maximum Gasteiger partial charge on any atom is 0.282 e. The molecule has 1 amide bonds. The van der Waals surface area contributed by atoms with Crippen LogP contribution < -0.4 is 5.32 Å². The lowest BCUT2D eigenvalue weighted by molar-refractivity contribution is -0.385. The molecule has 0 unspecified atom stereocenters. The fourth-order valence-corrected chi connectivity index (χ4v) is 1.88. The second-order valence-electron chi connectivity index (χ2n) is 3.43. The van der Waals surface area contributed by atoms with Gasteiger partial charge < -0.3 is 5.32 Å². The van der Waals surface area contributed by atoms with Gasteiger partial charge in [0.1, 0.15) is 5.56 Å². The number of nitrogens with one attached hydrogen (secondary N) is 1. The van der Waals surface area contributed by atoms with Gasteiger partial charge in [-0.3, -0.25) is 14.9 Å². The van der Waals surface area contributed by atoms with E-state index in [0.717, 1.165) is 17.3 Å². The molecule has 0 atom stereocenters. The van der Waals surface area contributed by atoms with Crippen LogP contribution >= 0.6 is 22.6 Å². The number of nitro benzene ring substituents is 1. The Bertz CT molecular complexity index is 409. The van der Waals surface area contributed by atoms with Crippen molar-refractivity contribution in [2.24, 2.45) is 0 Å². The van der Waals surface area contributed by atoms with E-state index in [-0.39, 0.29) is 17.2 Å². The first-order valence-electron chi connectivity index (χ1n) is 5.24. The number of hydrogen-bond acceptors (Lipinski definition) is 3. The van der Waals surface area contributed by atoms with Gasteiger partial charge in [0, 0.05) is 12.6 Å². The number of hydrogen-bond donors (Lipinski definition) is 1. The summed E-state index contributed by atoms with van der Waals surface area (Å²) in [4.78, 5) is 21.9. The van der Waals surface area contributed by atoms with Gasteiger partial charge in [-0.1, -0.05) is 34.7 Å². The summed E-state index contributed by atoms with van der Waals surface area (Å²) in [7, 11) is 0. The summed E-state index contributed by atoms with van der Waals surface area (Å²) in [5.74, 6) is -0.384. The molecule has 17 heavy (non-hydrogen) atoms. The fourth-order valence-electron chi connectivity index (χ4n) is 1.34. The van der Waals surface area contributed by atoms with Crippen LogP contribution in [0.15, 0.2) is 24.3 Å². The van der Waals surface area contributed by atoms with Gasteiger partial charge in [-0.2, -0.15) is 0 Å². The number of rotatable bonds is 6. The summed E-state index contributed by atoms with van der Waals surface area (Å²) in [5.41, 5.74) is -0.0362. The van der Waals surface area contributed by atoms with Crippen LogP contribution in [0.3, 0.4) is 0 Å². The number of unbranched alkanes of at least 4 members (excludes halogenated alkanes) is 1. The first kappa shape index (κ1) is 13.9. The summed E-state index contributed by atoms with van der Waals surface area (Å²) < 4.78 is 1.04. The van der Waals surface area contributed by atoms with Crippen LogP contribution in [-0.4, -0.2) is 21.8 Å². The molecule has 0 fully saturated rings. The van der Waals surface area contributed by atoms with Crippen LogP contribution in [0.2, 0.25) is 0 Å². The Hall–Kier alpha value is -1.18. The van der Waals surface area contributed by atoms with E-state index < -0.39 is 4.92 Å². The molecule has 1 N–H and O–H groups in total. The zero-order valence-corrected chi connectivity index (χ0v) is 11.3. The Labute approximate surface area is 113 Å². The molecule has 0 spiro atoms. The summed E-state index contributed by atoms with van der Waals surface area (Å²) in [6.45, 7) is 0.549. The van der Waals surface area contributed by atoms with E-state index in [2.05, 4.69) is 27.9 Å². The lowest BCUT2D eigenvalue weighted by atomic mass is 10.1. The molecule has 0 aromatic heterocycles. The minimum Gasteiger partial charge on any atom is -0.352 e. The summed E-state index contributed by atoms with van der Waals surface area (Å²) in [6.07, 6.45) is 1.91. The van der Waals surface area contributed by atoms with E-state index in [9.17, 15) is 14.9 Å². The lowest BCUT2D eigenvalue weighted by Crippen LogP contribution is -2.25. The molecule has 5 nitrogen and oxygen atoms in total. The molecular weight excluding hydrogens is 335 g/mol. The molecule has 0 saturated heterocycles. The van der Waals surface area contributed by atoms with E-state index in [0.29, 0.717) is 6.54 Å². The van der Waals surface area contributed by atoms with E-state index >= 15 is 0 Å². The zero-order chi connectivity index (χ0) is 12.7. The highest BCUT2D eigenvalue weighted by Gasteiger charge is 2.18. The summed E-state index contributed by atoms with van der Waals surface area (Å²) >= 11 is 2.27. The summed E-state index contributed by atoms with van der Waals surface area (Å²) in [6, 6.07) is 5.96. The predicted octanol–water partition coefficient (Wildman–Crippen LogP) is 2.54. The molecule has 1 rings (SSSR count). The number of amides is 1. The van der Waals surface area contributed by atoms with Crippen molar-refractivity contribution in [3.63, 3.8) is 0 Å². The molecular formula is C11H13IN2O3. The van der Waals surface area contributed by atoms with Crippen molar-refractivity contribution in [3.05, 3.63) is 39.9 Å². The second kappa shape index (κ2) is 7.21. The van der Waals surface area contributed by atoms with Crippen molar-refractivity contribution in [3.8, 4) is 0 Å². The zero-order valence-electron chi connectivity index (χ0n) is 9.19. The smallest absolute Gasteiger partial charge is 0.282 e. The number of nitrogens with zero attached hydrogens (tertiary/aromatic N) is 1. The van der Waals surface area contributed by atoms with Crippen molar-refractivity contribution >= 4 is 34.2 Å². The Morgan fingerprint density at radius 1 is 1.35 bits per heavy atom. The van der Waals surface area contributed by atoms with Crippen molar-refractivity contribution in [2.75, 3.05) is 11.0 Å². The normalized spacial score (nSPS) is 9.94. The monoisotopic (exact) mass is 348 g/mol. The Balaban J connectivity index is 2.65. The molecule has 92 valence electrons. The number of alkyl halides is 1. The van der Waals surface area contributed by atoms with Crippen molar-refractivity contribution in [1.82, 2.24) is 5.32 Å². The molecule has 0 bridgehead atoms. The summed E-state index contributed by atoms with van der Waals surface area (Å²) in [5, 5.41) is 13.4. The topological polar surface area (TPSA) is 72.2 Å². The van der Waals surface area contributed by atoms with Gasteiger partial charge in [-0.15, -0.1) is 0 Å². The van der Waals surface area contributed by atoms with E-state index in [1.165, 1.54) is 12.1 Å². The number of halogens is 1. The quantitative estimate of drug-likeness (QED) is 0.282. The Morgan fingerprint density at radius 3 is 2.71 bits per heavy atom. The SMILES string of the molecule is O=C(NCCCCI)c1ccccc1[N+](=O)[O-]. The van der Waals surface area contributed by atoms with E-state index in [1.54, 1.807) is 12.1 Å². The predicted molar refractivity (Wildman–Crippen MR) is 73.6 cm³/mol. The molecule has 1 aromatic rings. The van der Waals surface area contributed by atoms with E-state index in [4.69, 9.17) is 0 Å². The third-order valence-corrected chi connectivity index (χ3v) is 2.95. The van der Waals surface area contributed by atoms with Crippen LogP contribution in [0, 0.1) is 10.1 Å². The van der Waals surface area contributed by atoms with Gasteiger partial charge in [0.15, 0.2) is 0 Å². The molecule has 0 aliphatic heterocycles. The van der Waals surface area contributed by atoms with Crippen LogP contribution in [-0.2, 0) is 0 Å². The van der Waals surface area contributed by atoms with Crippen LogP contribution in [0.5, 0.6) is 0 Å². The number of para-hydroxylation sites is 1. The van der Waals surface area contributed by atoms with Gasteiger partial charge >= 0.3 is 0 Å². The molecule has 0 aliphatic carbocycles. The highest BCUT2D eigenvalue weighted by atomic mass is 127. The van der Waals surface area contributed by atoms with Crippen molar-refractivity contribution in [2.45, 2.75) is 12.8 Å². The average molecular weight is 348 g/mol. The first-order valence-corrected chi connectivity index (χ1v) is 6.77. The Kier molecular flexibility index (Phi) is 5.88. The van der Waals surface area contributed by atoms with Gasteiger partial charge in [-0.05, 0) is 23.3 Å². The minimum atomic E-state index is -0.542. The molecule has 0 saturated carbocycles. The highest BCUT2D eigenvalue weighted by molar-refractivity contribution is 14.1. The number of nitro groups is 1. The van der Waals surface area contributed by atoms with Gasteiger partial charge in [-0.25, -0.2) is 0 Å². The maximum atomic E-state index is 11.7. The standard InChI is InChI=1S/C11H13IN2O3/c12-7-3-4-8-13-11(15)9-5-1-2-6-10(9)14(16)17/h1-2,5-6H,3-4,7-8H2,(H,13,15). The Morgan fingerprint density at radius 2 is 2.06 bits per heavy atom. The highest BCUT2D eigenvalue weighted by Crippen LogP contribution is 2.17. The molecule has 0 radical (unpaired) electrons. The van der Waals surface area contributed by atoms with Crippen LogP contribution in [0.1, 0.15) is 23.2 Å². The largest absolute Gasteiger partial charge is 0.352 e. The third kappa shape index (κ3) is 4.29. The average Bonchev–Trinajstić information content (AvgIpc) is 2.34. The molecule has 0 aliphatic rings. The van der Waals surface area contributed by atoms with Crippen molar-refractivity contribution in [1.29, 1.82) is 0 Å². The molecule has 1 aromatic carbocycles. The fraction of sp³-hybridized carbons (Fsp3) is 0.364. The molecule has 0 heterocycles. The van der Waals surface area contributed by atoms with Crippen molar-refractivity contribution < 1.29 is 9.72 Å². The van der Waals surface area contributed by atoms with Gasteiger partial charge in [0.25, 0.3) is 11.6 Å². The van der Waals surface area contributed by atoms with Gasteiger partial charge in [0.05, 0.1) is 4.92 Å². The second-order valence-corrected chi connectivity index (χ2v) is 4.50. The minimum absolute atomic E-state index is 0.118. The number of benzene rings is 1. The number of carbonyl (C=O) groups excluding carboxylic acids is 1. The van der Waals surface area contributed by atoms with E-state index in [1.807, 2.05) is 0 Å². The number of carbonyl (C=O) groups is 1. The first-order chi connectivity index (χ1) is 8.16. The van der Waals surface area contributed by atoms with Crippen LogP contribution in [0.4, 0.5) is 5.69 Å². The molecule has 6 heteroatoms. The van der Waals surface area contributed by atoms with Crippen LogP contribution in [0.25, 0.3) is 0 Å². The third-order valence-electron chi connectivity index (χ3n) is 2.19. The maximum absolute atomic E-state index is 11.7. The van der Waals surface area contributed by atoms with Gasteiger partial charge in [0.2, 0.25) is 0 Å².